The normalized spacial score (nSPS) is 35.8. The van der Waals surface area contributed by atoms with Crippen molar-refractivity contribution in [1.82, 2.24) is 9.62 Å². The first-order chi connectivity index (χ1) is 15.1. The molecule has 0 radical (unpaired) electrons. The smallest absolute Gasteiger partial charge is 0.245 e. The number of nitrogens with zero attached hydrogens (tertiary/aromatic N) is 1. The number of halogens is 1. The van der Waals surface area contributed by atoms with E-state index in [1.165, 1.54) is 23.5 Å². The fraction of sp³-hybridized carbons (Fsp3) is 0.652. The predicted octanol–water partition coefficient (Wildman–Crippen LogP) is 2.11. The molecule has 6 rings (SSSR count). The molecule has 0 aliphatic heterocycles. The Morgan fingerprint density at radius 3 is 2.44 bits per heavy atom. The van der Waals surface area contributed by atoms with E-state index < -0.39 is 32.7 Å². The van der Waals surface area contributed by atoms with Crippen LogP contribution in [0.2, 0.25) is 0 Å². The Balaban J connectivity index is 1.59. The average molecular weight is 464 g/mol. The Hall–Kier alpha value is -2.00. The zero-order valence-corrected chi connectivity index (χ0v) is 19.0. The number of sulfonamides is 1. The van der Waals surface area contributed by atoms with Crippen molar-refractivity contribution in [2.75, 3.05) is 13.6 Å². The van der Waals surface area contributed by atoms with Gasteiger partial charge in [0.2, 0.25) is 22.3 Å². The molecule has 3 unspecified atom stereocenters. The number of carbonyl (C=O) groups excluding carboxylic acids is 2. The summed E-state index contributed by atoms with van der Waals surface area (Å²) in [6, 6.07) is 4.03. The predicted molar refractivity (Wildman–Crippen MR) is 115 cm³/mol. The zero-order valence-electron chi connectivity index (χ0n) is 18.2. The lowest BCUT2D eigenvalue weighted by molar-refractivity contribution is -0.171. The summed E-state index contributed by atoms with van der Waals surface area (Å²) in [4.78, 5) is 24.3. The van der Waals surface area contributed by atoms with Gasteiger partial charge < -0.3 is 11.1 Å². The molecule has 1 aromatic rings. The zero-order chi connectivity index (χ0) is 22.9. The van der Waals surface area contributed by atoms with Crippen LogP contribution >= 0.6 is 0 Å². The van der Waals surface area contributed by atoms with Gasteiger partial charge in [-0.15, -0.1) is 0 Å². The van der Waals surface area contributed by atoms with E-state index in [-0.39, 0.29) is 10.8 Å². The van der Waals surface area contributed by atoms with E-state index in [0.29, 0.717) is 49.1 Å². The second kappa shape index (κ2) is 7.25. The van der Waals surface area contributed by atoms with Gasteiger partial charge in [-0.05, 0) is 86.3 Å². The number of carbonyl (C=O) groups is 2. The maximum atomic E-state index is 15.4. The molecule has 32 heavy (non-hydrogen) atoms. The number of nitrogens with two attached hydrogens (primary N) is 1. The topological polar surface area (TPSA) is 110 Å². The maximum absolute atomic E-state index is 15.4. The van der Waals surface area contributed by atoms with Crippen LogP contribution in [0.5, 0.6) is 0 Å². The molecule has 5 aliphatic carbocycles. The molecular formula is C23H30FN3O4S. The molecule has 5 fully saturated rings. The molecule has 3 atom stereocenters. The van der Waals surface area contributed by atoms with Crippen LogP contribution in [0.4, 0.5) is 4.39 Å². The molecule has 0 saturated heterocycles. The third kappa shape index (κ3) is 2.96. The Bertz CT molecular complexity index is 1060. The molecule has 0 aromatic heterocycles. The summed E-state index contributed by atoms with van der Waals surface area (Å²) in [6.45, 7) is 0.371. The van der Waals surface area contributed by atoms with Crippen LogP contribution in [-0.2, 0) is 25.2 Å². The van der Waals surface area contributed by atoms with Crippen molar-refractivity contribution in [3.8, 4) is 0 Å². The molecule has 9 heteroatoms. The second-order valence-corrected chi connectivity index (χ2v) is 12.4. The number of benzene rings is 1. The first-order valence-electron chi connectivity index (χ1n) is 11.4. The Morgan fingerprint density at radius 2 is 1.91 bits per heavy atom. The van der Waals surface area contributed by atoms with E-state index in [9.17, 15) is 18.0 Å². The summed E-state index contributed by atoms with van der Waals surface area (Å²) in [7, 11) is -2.51. The van der Waals surface area contributed by atoms with Gasteiger partial charge in [-0.3, -0.25) is 9.59 Å². The molecule has 2 amide bonds. The number of hydrogen-bond acceptors (Lipinski definition) is 4. The summed E-state index contributed by atoms with van der Waals surface area (Å²) < 4.78 is 42.5. The van der Waals surface area contributed by atoms with Gasteiger partial charge in [-0.25, -0.2) is 17.1 Å². The molecule has 7 nitrogen and oxygen atoms in total. The van der Waals surface area contributed by atoms with Gasteiger partial charge in [0.25, 0.3) is 0 Å². The summed E-state index contributed by atoms with van der Waals surface area (Å²) in [5, 5.41) is 2.91. The van der Waals surface area contributed by atoms with E-state index >= 15 is 4.39 Å². The van der Waals surface area contributed by atoms with Crippen molar-refractivity contribution < 1.29 is 22.4 Å². The average Bonchev–Trinajstić information content (AvgIpc) is 3.53. The van der Waals surface area contributed by atoms with Crippen molar-refractivity contribution in [3.05, 3.63) is 29.6 Å². The van der Waals surface area contributed by atoms with Crippen molar-refractivity contribution in [1.29, 1.82) is 0 Å². The van der Waals surface area contributed by atoms with E-state index in [0.717, 1.165) is 32.1 Å². The fourth-order valence-electron chi connectivity index (χ4n) is 7.26. The number of hydrogen-bond donors (Lipinski definition) is 2. The summed E-state index contributed by atoms with van der Waals surface area (Å²) in [5.41, 5.74) is 4.27. The van der Waals surface area contributed by atoms with Crippen LogP contribution in [0.25, 0.3) is 0 Å². The largest absolute Gasteiger partial charge is 0.369 e. The minimum absolute atomic E-state index is 0.0501. The molecule has 5 aliphatic rings. The van der Waals surface area contributed by atoms with Gasteiger partial charge in [-0.1, -0.05) is 6.07 Å². The van der Waals surface area contributed by atoms with E-state index in [1.807, 2.05) is 0 Å². The van der Waals surface area contributed by atoms with Gasteiger partial charge in [0.05, 0.1) is 11.0 Å². The number of nitrogens with one attached hydrogen (secondary N) is 1. The number of rotatable bonds is 8. The lowest BCUT2D eigenvalue weighted by Gasteiger charge is -2.66. The molecule has 1 aromatic carbocycles. The highest BCUT2D eigenvalue weighted by molar-refractivity contribution is 7.89. The van der Waals surface area contributed by atoms with Crippen LogP contribution in [0, 0.1) is 34.9 Å². The second-order valence-electron chi connectivity index (χ2n) is 10.4. The minimum Gasteiger partial charge on any atom is -0.369 e. The minimum atomic E-state index is -3.98. The third-order valence-electron chi connectivity index (χ3n) is 8.59. The quantitative estimate of drug-likeness (QED) is 0.576. The highest BCUT2D eigenvalue weighted by Gasteiger charge is 2.69. The summed E-state index contributed by atoms with van der Waals surface area (Å²) in [6.07, 6.45) is 6.38. The van der Waals surface area contributed by atoms with Gasteiger partial charge in [0, 0.05) is 13.6 Å². The fourth-order valence-corrected chi connectivity index (χ4v) is 8.55. The van der Waals surface area contributed by atoms with Crippen LogP contribution in [0.15, 0.2) is 23.1 Å². The van der Waals surface area contributed by atoms with Crippen LogP contribution < -0.4 is 11.1 Å². The highest BCUT2D eigenvalue weighted by Crippen LogP contribution is 2.67. The van der Waals surface area contributed by atoms with Gasteiger partial charge in [-0.2, -0.15) is 0 Å². The standard InChI is InChI=1S/C23H30FN3O4S/c1-27(12-14-2-3-14)32(30,31)20-5-4-17(9-19(20)24)23(26-13-28)18-7-15-6-16(8-18)11-22(23,10-15)21(25)29/h4-5,9,13-16,18H,2-3,6-8,10-12H2,1H3,(H2,25,29)(H,26,28). The van der Waals surface area contributed by atoms with E-state index in [1.54, 1.807) is 6.07 Å². The molecule has 174 valence electrons. The Kier molecular flexibility index (Phi) is 4.94. The molecule has 3 N–H and O–H groups in total. The summed E-state index contributed by atoms with van der Waals surface area (Å²) in [5.74, 6) is -0.339. The van der Waals surface area contributed by atoms with Gasteiger partial charge >= 0.3 is 0 Å². The highest BCUT2D eigenvalue weighted by atomic mass is 32.2. The van der Waals surface area contributed by atoms with Crippen LogP contribution in [0.3, 0.4) is 0 Å². The molecule has 5 saturated carbocycles. The van der Waals surface area contributed by atoms with Crippen molar-refractivity contribution >= 4 is 22.3 Å². The lowest BCUT2D eigenvalue weighted by Crippen LogP contribution is -2.71. The third-order valence-corrected chi connectivity index (χ3v) is 10.4. The van der Waals surface area contributed by atoms with E-state index in [4.69, 9.17) is 5.73 Å². The number of primary amides is 1. The van der Waals surface area contributed by atoms with Crippen LogP contribution in [-0.4, -0.2) is 38.6 Å². The Labute approximate surface area is 188 Å². The van der Waals surface area contributed by atoms with E-state index in [2.05, 4.69) is 5.32 Å². The van der Waals surface area contributed by atoms with Gasteiger partial charge in [0.1, 0.15) is 10.7 Å². The first-order valence-corrected chi connectivity index (χ1v) is 12.9. The molecular weight excluding hydrogens is 433 g/mol. The maximum Gasteiger partial charge on any atom is 0.245 e. The van der Waals surface area contributed by atoms with Crippen LogP contribution in [0.1, 0.15) is 50.5 Å². The lowest BCUT2D eigenvalue weighted by atomic mass is 9.40. The molecule has 0 heterocycles. The number of amides is 2. The Morgan fingerprint density at radius 1 is 1.25 bits per heavy atom. The monoisotopic (exact) mass is 463 g/mol. The van der Waals surface area contributed by atoms with Gasteiger partial charge in [0.15, 0.2) is 0 Å². The SMILES string of the molecule is CN(CC1CC1)S(=O)(=O)c1ccc(C2(NC=O)C3CC4CC(C3)CC2(C(N)=O)C4)cc1F. The molecule has 0 spiro atoms. The van der Waals surface area contributed by atoms with Crippen molar-refractivity contribution in [3.63, 3.8) is 0 Å². The van der Waals surface area contributed by atoms with Crippen molar-refractivity contribution in [2.24, 2.45) is 34.8 Å². The van der Waals surface area contributed by atoms with Crippen molar-refractivity contribution in [2.45, 2.75) is 55.4 Å². The first kappa shape index (κ1) is 21.8. The summed E-state index contributed by atoms with van der Waals surface area (Å²) >= 11 is 0. The molecule has 4 bridgehead atoms.